The number of rotatable bonds is 1. The van der Waals surface area contributed by atoms with Crippen molar-refractivity contribution in [2.24, 2.45) is 11.8 Å². The molecule has 3 nitrogen and oxygen atoms in total. The number of halogens is 1. The van der Waals surface area contributed by atoms with Gasteiger partial charge in [-0.25, -0.2) is 9.97 Å². The maximum absolute atomic E-state index is 5.84. The highest BCUT2D eigenvalue weighted by molar-refractivity contribution is 6.28. The first-order valence-electron chi connectivity index (χ1n) is 5.83. The van der Waals surface area contributed by atoms with Gasteiger partial charge >= 0.3 is 0 Å². The van der Waals surface area contributed by atoms with Gasteiger partial charge in [0.2, 0.25) is 5.28 Å². The van der Waals surface area contributed by atoms with Crippen LogP contribution >= 0.6 is 11.6 Å². The van der Waals surface area contributed by atoms with Crippen LogP contribution in [0, 0.1) is 11.8 Å². The summed E-state index contributed by atoms with van der Waals surface area (Å²) in [7, 11) is 0. The number of aromatic nitrogens is 2. The third kappa shape index (κ3) is 2.29. The van der Waals surface area contributed by atoms with Crippen molar-refractivity contribution in [3.05, 3.63) is 17.5 Å². The highest BCUT2D eigenvalue weighted by Gasteiger charge is 2.29. The number of anilines is 1. The van der Waals surface area contributed by atoms with Crippen molar-refractivity contribution in [1.82, 2.24) is 9.97 Å². The van der Waals surface area contributed by atoms with E-state index in [9.17, 15) is 0 Å². The third-order valence-corrected chi connectivity index (χ3v) is 3.69. The molecule has 0 spiro atoms. The number of piperidine rings is 1. The Labute approximate surface area is 102 Å². The Kier molecular flexibility index (Phi) is 3.33. The first-order valence-corrected chi connectivity index (χ1v) is 6.21. The normalized spacial score (nSPS) is 30.5. The summed E-state index contributed by atoms with van der Waals surface area (Å²) in [6.07, 6.45) is 3.01. The number of hydrogen-bond donors (Lipinski definition) is 0. The lowest BCUT2D eigenvalue weighted by atomic mass is 9.86. The van der Waals surface area contributed by atoms with Gasteiger partial charge in [0, 0.05) is 18.8 Å². The van der Waals surface area contributed by atoms with Crippen molar-refractivity contribution in [1.29, 1.82) is 0 Å². The summed E-state index contributed by atoms with van der Waals surface area (Å²) in [5.74, 6) is 2.35. The van der Waals surface area contributed by atoms with Crippen molar-refractivity contribution in [3.8, 4) is 0 Å². The molecule has 16 heavy (non-hydrogen) atoms. The second-order valence-electron chi connectivity index (χ2n) is 4.89. The van der Waals surface area contributed by atoms with Crippen LogP contribution in [0.2, 0.25) is 5.28 Å². The minimum absolute atomic E-state index is 0.329. The van der Waals surface area contributed by atoms with Crippen LogP contribution in [-0.2, 0) is 0 Å². The second-order valence-corrected chi connectivity index (χ2v) is 5.23. The predicted octanol–water partition coefficient (Wildman–Crippen LogP) is 3.00. The number of hydrogen-bond acceptors (Lipinski definition) is 3. The molecule has 0 aromatic carbocycles. The molecule has 1 aliphatic heterocycles. The molecule has 1 fully saturated rings. The molecule has 1 aromatic rings. The van der Waals surface area contributed by atoms with Gasteiger partial charge in [0.1, 0.15) is 5.82 Å². The largest absolute Gasteiger partial charge is 0.353 e. The minimum atomic E-state index is 0.329. The fourth-order valence-electron chi connectivity index (χ4n) is 2.50. The Morgan fingerprint density at radius 1 is 1.38 bits per heavy atom. The van der Waals surface area contributed by atoms with E-state index in [2.05, 4.69) is 35.6 Å². The Balaban J connectivity index is 2.25. The van der Waals surface area contributed by atoms with Crippen molar-refractivity contribution in [2.45, 2.75) is 33.2 Å². The highest BCUT2D eigenvalue weighted by atomic mass is 35.5. The van der Waals surface area contributed by atoms with E-state index in [0.717, 1.165) is 12.4 Å². The zero-order chi connectivity index (χ0) is 11.7. The monoisotopic (exact) mass is 239 g/mol. The molecule has 0 amide bonds. The molecule has 3 atom stereocenters. The van der Waals surface area contributed by atoms with E-state index in [1.54, 1.807) is 6.20 Å². The second kappa shape index (κ2) is 4.58. The number of nitrogens with zero attached hydrogens (tertiary/aromatic N) is 3. The molecule has 0 aliphatic carbocycles. The van der Waals surface area contributed by atoms with E-state index < -0.39 is 0 Å². The Hall–Kier alpha value is -0.830. The molecule has 3 unspecified atom stereocenters. The molecule has 1 saturated heterocycles. The molecule has 0 bridgehead atoms. The standard InChI is InChI=1S/C12H18ClN3/c1-8-6-9(2)10(3)16(7-8)11-4-5-14-12(13)15-11/h4-5,8-10H,6-7H2,1-3H3. The van der Waals surface area contributed by atoms with Gasteiger partial charge in [-0.15, -0.1) is 0 Å². The summed E-state index contributed by atoms with van der Waals surface area (Å²) >= 11 is 5.84. The van der Waals surface area contributed by atoms with E-state index in [1.807, 2.05) is 6.07 Å². The summed E-state index contributed by atoms with van der Waals surface area (Å²) in [5.41, 5.74) is 0. The first kappa shape index (κ1) is 11.6. The van der Waals surface area contributed by atoms with Gasteiger partial charge in [0.15, 0.2) is 0 Å². The van der Waals surface area contributed by atoms with Crippen molar-refractivity contribution < 1.29 is 0 Å². The van der Waals surface area contributed by atoms with Gasteiger partial charge in [-0.3, -0.25) is 0 Å². The van der Waals surface area contributed by atoms with Crippen LogP contribution in [0.25, 0.3) is 0 Å². The summed E-state index contributed by atoms with van der Waals surface area (Å²) in [6, 6.07) is 2.45. The maximum Gasteiger partial charge on any atom is 0.224 e. The molecule has 2 rings (SSSR count). The highest BCUT2D eigenvalue weighted by Crippen LogP contribution is 2.30. The average Bonchev–Trinajstić information content (AvgIpc) is 2.23. The molecular weight excluding hydrogens is 222 g/mol. The van der Waals surface area contributed by atoms with Crippen molar-refractivity contribution >= 4 is 17.4 Å². The first-order chi connectivity index (χ1) is 7.58. The summed E-state index contributed by atoms with van der Waals surface area (Å²) < 4.78 is 0. The van der Waals surface area contributed by atoms with Crippen LogP contribution in [0.5, 0.6) is 0 Å². The summed E-state index contributed by atoms with van der Waals surface area (Å²) in [6.45, 7) is 7.90. The van der Waals surface area contributed by atoms with Gasteiger partial charge in [0.25, 0.3) is 0 Å². The van der Waals surface area contributed by atoms with Crippen molar-refractivity contribution in [2.75, 3.05) is 11.4 Å². The van der Waals surface area contributed by atoms with E-state index in [4.69, 9.17) is 11.6 Å². The van der Waals surface area contributed by atoms with Crippen LogP contribution in [0.15, 0.2) is 12.3 Å². The van der Waals surface area contributed by atoms with E-state index in [-0.39, 0.29) is 0 Å². The molecule has 88 valence electrons. The van der Waals surface area contributed by atoms with Crippen molar-refractivity contribution in [3.63, 3.8) is 0 Å². The topological polar surface area (TPSA) is 29.0 Å². The summed E-state index contributed by atoms with van der Waals surface area (Å²) in [4.78, 5) is 10.6. The summed E-state index contributed by atoms with van der Waals surface area (Å²) in [5, 5.41) is 0.329. The average molecular weight is 240 g/mol. The lowest BCUT2D eigenvalue weighted by molar-refractivity contribution is 0.295. The molecule has 2 heterocycles. The Morgan fingerprint density at radius 3 is 2.81 bits per heavy atom. The smallest absolute Gasteiger partial charge is 0.224 e. The fraction of sp³-hybridized carbons (Fsp3) is 0.667. The molecule has 1 aromatic heterocycles. The molecule has 0 radical (unpaired) electrons. The lowest BCUT2D eigenvalue weighted by Gasteiger charge is -2.41. The minimum Gasteiger partial charge on any atom is -0.353 e. The van der Waals surface area contributed by atoms with Crippen LogP contribution in [-0.4, -0.2) is 22.6 Å². The van der Waals surface area contributed by atoms with E-state index in [1.165, 1.54) is 6.42 Å². The Morgan fingerprint density at radius 2 is 2.12 bits per heavy atom. The quantitative estimate of drug-likeness (QED) is 0.706. The van der Waals surface area contributed by atoms with Gasteiger partial charge in [0.05, 0.1) is 0 Å². The molecule has 1 aliphatic rings. The van der Waals surface area contributed by atoms with Crippen LogP contribution in [0.4, 0.5) is 5.82 Å². The molecule has 0 N–H and O–H groups in total. The zero-order valence-electron chi connectivity index (χ0n) is 10.0. The SMILES string of the molecule is CC1CC(C)C(C)N(c2ccnc(Cl)n2)C1. The fourth-order valence-corrected chi connectivity index (χ4v) is 2.65. The molecule has 4 heteroatoms. The van der Waals surface area contributed by atoms with Crippen LogP contribution in [0.1, 0.15) is 27.2 Å². The Bertz CT molecular complexity index is 369. The van der Waals surface area contributed by atoms with Gasteiger partial charge in [-0.05, 0) is 42.8 Å². The van der Waals surface area contributed by atoms with Crippen LogP contribution < -0.4 is 4.90 Å². The van der Waals surface area contributed by atoms with E-state index >= 15 is 0 Å². The predicted molar refractivity (Wildman–Crippen MR) is 66.8 cm³/mol. The lowest BCUT2D eigenvalue weighted by Crippen LogP contribution is -2.46. The van der Waals surface area contributed by atoms with Crippen LogP contribution in [0.3, 0.4) is 0 Å². The maximum atomic E-state index is 5.84. The van der Waals surface area contributed by atoms with Gasteiger partial charge in [-0.2, -0.15) is 0 Å². The zero-order valence-corrected chi connectivity index (χ0v) is 10.8. The van der Waals surface area contributed by atoms with E-state index in [0.29, 0.717) is 23.2 Å². The molecule has 0 saturated carbocycles. The van der Waals surface area contributed by atoms with Gasteiger partial charge in [-0.1, -0.05) is 13.8 Å². The van der Waals surface area contributed by atoms with Gasteiger partial charge < -0.3 is 4.90 Å². The molecular formula is C12H18ClN3. The third-order valence-electron chi connectivity index (χ3n) is 3.50.